The first kappa shape index (κ1) is 14.3. The largest absolute Gasteiger partial charge is 0.261 e. The quantitative estimate of drug-likeness (QED) is 0.780. The summed E-state index contributed by atoms with van der Waals surface area (Å²) in [6.45, 7) is 2.75. The van der Waals surface area contributed by atoms with Crippen LogP contribution in [0.3, 0.4) is 0 Å². The number of H-pyrrole nitrogens is 1. The smallest absolute Gasteiger partial charge is 0.243 e. The molecule has 0 spiro atoms. The van der Waals surface area contributed by atoms with E-state index in [1.165, 1.54) is 4.31 Å². The van der Waals surface area contributed by atoms with Crippen LogP contribution in [0.15, 0.2) is 41.6 Å². The van der Waals surface area contributed by atoms with Crippen molar-refractivity contribution >= 4 is 21.1 Å². The predicted molar refractivity (Wildman–Crippen MR) is 86.4 cm³/mol. The molecule has 6 nitrogen and oxygen atoms in total. The van der Waals surface area contributed by atoms with Crippen LogP contribution in [0.25, 0.3) is 11.0 Å². The van der Waals surface area contributed by atoms with Gasteiger partial charge in [0.15, 0.2) is 5.65 Å². The second-order valence-corrected chi connectivity index (χ2v) is 7.73. The van der Waals surface area contributed by atoms with Crippen LogP contribution in [0.2, 0.25) is 0 Å². The summed E-state index contributed by atoms with van der Waals surface area (Å²) in [7, 11) is -3.48. The van der Waals surface area contributed by atoms with Gasteiger partial charge in [0.1, 0.15) is 0 Å². The Kier molecular flexibility index (Phi) is 3.21. The molecule has 4 rings (SSSR count). The van der Waals surface area contributed by atoms with E-state index in [0.29, 0.717) is 24.4 Å². The molecule has 3 aromatic rings. The van der Waals surface area contributed by atoms with Gasteiger partial charge in [-0.15, -0.1) is 0 Å². The van der Waals surface area contributed by atoms with Gasteiger partial charge in [-0.1, -0.05) is 17.7 Å². The lowest BCUT2D eigenvalue weighted by molar-refractivity contribution is 0.392. The van der Waals surface area contributed by atoms with Crippen LogP contribution in [0.1, 0.15) is 16.7 Å². The van der Waals surface area contributed by atoms with E-state index in [2.05, 4.69) is 15.2 Å². The first-order chi connectivity index (χ1) is 11.1. The Morgan fingerprint density at radius 2 is 1.96 bits per heavy atom. The number of pyridine rings is 1. The number of sulfonamides is 1. The molecule has 0 radical (unpaired) electrons. The topological polar surface area (TPSA) is 79.0 Å². The zero-order valence-corrected chi connectivity index (χ0v) is 13.5. The first-order valence-electron chi connectivity index (χ1n) is 7.42. The van der Waals surface area contributed by atoms with Crippen LogP contribution in [0.4, 0.5) is 0 Å². The molecule has 23 heavy (non-hydrogen) atoms. The van der Waals surface area contributed by atoms with Crippen LogP contribution in [0, 0.1) is 6.92 Å². The number of aromatic amines is 1. The summed E-state index contributed by atoms with van der Waals surface area (Å²) < 4.78 is 27.1. The molecule has 0 bridgehead atoms. The van der Waals surface area contributed by atoms with Gasteiger partial charge < -0.3 is 0 Å². The molecule has 0 fully saturated rings. The Labute approximate surface area is 134 Å². The summed E-state index contributed by atoms with van der Waals surface area (Å²) in [5.41, 5.74) is 3.87. The maximum atomic E-state index is 12.8. The highest BCUT2D eigenvalue weighted by Gasteiger charge is 2.29. The first-order valence-corrected chi connectivity index (χ1v) is 8.86. The summed E-state index contributed by atoms with van der Waals surface area (Å²) in [5, 5.41) is 7.84. The molecule has 0 saturated heterocycles. The Morgan fingerprint density at radius 3 is 2.74 bits per heavy atom. The van der Waals surface area contributed by atoms with Crippen molar-refractivity contribution in [3.05, 3.63) is 53.3 Å². The normalized spacial score (nSPS) is 15.7. The number of benzene rings is 1. The average Bonchev–Trinajstić information content (AvgIpc) is 3.03. The van der Waals surface area contributed by atoms with Crippen LogP contribution in [0.5, 0.6) is 0 Å². The minimum Gasteiger partial charge on any atom is -0.261 e. The van der Waals surface area contributed by atoms with Crippen LogP contribution in [-0.2, 0) is 23.0 Å². The predicted octanol–water partition coefficient (Wildman–Crippen LogP) is 2.01. The number of rotatable bonds is 2. The van der Waals surface area contributed by atoms with E-state index >= 15 is 0 Å². The molecule has 0 atom stereocenters. The van der Waals surface area contributed by atoms with Gasteiger partial charge in [-0.25, -0.2) is 13.4 Å². The third-order valence-electron chi connectivity index (χ3n) is 4.30. The van der Waals surface area contributed by atoms with E-state index in [9.17, 15) is 8.42 Å². The highest BCUT2D eigenvalue weighted by molar-refractivity contribution is 7.89. The van der Waals surface area contributed by atoms with E-state index in [1.807, 2.05) is 19.1 Å². The maximum Gasteiger partial charge on any atom is 0.243 e. The number of nitrogens with zero attached hydrogens (tertiary/aromatic N) is 3. The third kappa shape index (κ3) is 2.32. The minimum atomic E-state index is -3.48. The average molecular weight is 328 g/mol. The monoisotopic (exact) mass is 328 g/mol. The van der Waals surface area contributed by atoms with Gasteiger partial charge in [-0.3, -0.25) is 5.10 Å². The Balaban J connectivity index is 1.71. The molecule has 118 valence electrons. The molecular formula is C16H16N4O2S. The van der Waals surface area contributed by atoms with Crippen molar-refractivity contribution < 1.29 is 8.42 Å². The fraction of sp³-hybridized carbons (Fsp3) is 0.250. The van der Waals surface area contributed by atoms with Crippen molar-refractivity contribution in [2.45, 2.75) is 24.8 Å². The standard InChI is InChI=1S/C16H16N4O2S/c1-11-2-4-13(5-3-11)23(21,22)20-7-6-14-12(10-20)8-17-16-15(14)9-18-19-16/h2-5,8-9H,6-7,10H2,1H3,(H,17,18,19). The van der Waals surface area contributed by atoms with Gasteiger partial charge in [0, 0.05) is 24.7 Å². The van der Waals surface area contributed by atoms with Crippen molar-refractivity contribution in [3.63, 3.8) is 0 Å². The minimum absolute atomic E-state index is 0.337. The van der Waals surface area contributed by atoms with Gasteiger partial charge in [-0.2, -0.15) is 9.40 Å². The van der Waals surface area contributed by atoms with Crippen molar-refractivity contribution in [2.75, 3.05) is 6.54 Å². The van der Waals surface area contributed by atoms with E-state index in [0.717, 1.165) is 27.7 Å². The summed E-state index contributed by atoms with van der Waals surface area (Å²) >= 11 is 0. The molecular weight excluding hydrogens is 312 g/mol. The lowest BCUT2D eigenvalue weighted by Crippen LogP contribution is -2.36. The molecule has 1 aromatic carbocycles. The third-order valence-corrected chi connectivity index (χ3v) is 6.16. The second-order valence-electron chi connectivity index (χ2n) is 5.80. The molecule has 0 saturated carbocycles. The summed E-state index contributed by atoms with van der Waals surface area (Å²) in [4.78, 5) is 4.65. The molecule has 2 aromatic heterocycles. The van der Waals surface area contributed by atoms with Gasteiger partial charge in [0.05, 0.1) is 11.1 Å². The summed E-state index contributed by atoms with van der Waals surface area (Å²) in [5.74, 6) is 0. The molecule has 0 unspecified atom stereocenters. The highest BCUT2D eigenvalue weighted by atomic mass is 32.2. The fourth-order valence-electron chi connectivity index (χ4n) is 2.99. The summed E-state index contributed by atoms with van der Waals surface area (Å²) in [6, 6.07) is 6.97. The number of aromatic nitrogens is 3. The van der Waals surface area contributed by atoms with E-state index in [4.69, 9.17) is 0 Å². The lowest BCUT2D eigenvalue weighted by atomic mass is 10.0. The molecule has 7 heteroatoms. The molecule has 1 aliphatic heterocycles. The number of hydrogen-bond donors (Lipinski definition) is 1. The lowest BCUT2D eigenvalue weighted by Gasteiger charge is -2.28. The number of aryl methyl sites for hydroxylation is 1. The van der Waals surface area contributed by atoms with Crippen molar-refractivity contribution in [2.24, 2.45) is 0 Å². The molecule has 0 amide bonds. The van der Waals surface area contributed by atoms with Crippen molar-refractivity contribution in [3.8, 4) is 0 Å². The van der Waals surface area contributed by atoms with E-state index in [-0.39, 0.29) is 0 Å². The number of hydrogen-bond acceptors (Lipinski definition) is 4. The fourth-order valence-corrected chi connectivity index (χ4v) is 4.41. The van der Waals surface area contributed by atoms with Crippen molar-refractivity contribution in [1.82, 2.24) is 19.5 Å². The molecule has 1 N–H and O–H groups in total. The second kappa shape index (κ2) is 5.14. The van der Waals surface area contributed by atoms with E-state index in [1.54, 1.807) is 24.5 Å². The number of fused-ring (bicyclic) bond motifs is 3. The highest BCUT2D eigenvalue weighted by Crippen LogP contribution is 2.28. The Morgan fingerprint density at radius 1 is 1.17 bits per heavy atom. The molecule has 1 aliphatic rings. The maximum absolute atomic E-state index is 12.8. The van der Waals surface area contributed by atoms with Gasteiger partial charge in [-0.05, 0) is 36.6 Å². The van der Waals surface area contributed by atoms with Gasteiger partial charge in [0.2, 0.25) is 10.0 Å². The van der Waals surface area contributed by atoms with E-state index < -0.39 is 10.0 Å². The van der Waals surface area contributed by atoms with Crippen LogP contribution < -0.4 is 0 Å². The van der Waals surface area contributed by atoms with Crippen LogP contribution >= 0.6 is 0 Å². The molecule has 3 heterocycles. The summed E-state index contributed by atoms with van der Waals surface area (Å²) in [6.07, 6.45) is 4.16. The van der Waals surface area contributed by atoms with Gasteiger partial charge in [0.25, 0.3) is 0 Å². The zero-order valence-electron chi connectivity index (χ0n) is 12.7. The Hall–Kier alpha value is -2.25. The van der Waals surface area contributed by atoms with Crippen LogP contribution in [-0.4, -0.2) is 34.4 Å². The number of nitrogens with one attached hydrogen (secondary N) is 1. The molecule has 0 aliphatic carbocycles. The van der Waals surface area contributed by atoms with Crippen molar-refractivity contribution in [1.29, 1.82) is 0 Å². The van der Waals surface area contributed by atoms with Gasteiger partial charge >= 0.3 is 0 Å². The zero-order chi connectivity index (χ0) is 16.0. The SMILES string of the molecule is Cc1ccc(S(=O)(=O)N2CCc3c(cnc4[nH]ncc34)C2)cc1. The Bertz CT molecular complexity index is 977.